The fourth-order valence-corrected chi connectivity index (χ4v) is 5.98. The molecule has 0 spiro atoms. The number of fused-ring (bicyclic) bond motifs is 1. The van der Waals surface area contributed by atoms with Gasteiger partial charge in [0, 0.05) is 64.8 Å². The average molecular weight is 632 g/mol. The standard InChI is InChI=1S/C28H32Cl2N8O3S/c29-20-7-8-21(30)25(42-28-16(11-31)4-3-9-34-28)19(20)14-36-26(39)23(38-27(40)24(12-32)37-15-41-33)10-17-13-35-22-6-2-1-5-18(17)22/h1-9,13,23-24,35,37H,10-12,14-15,31-33H2,(H,36,39)(H,38,40)/t23-,24-/m0/s1. The Morgan fingerprint density at radius 1 is 1.00 bits per heavy atom. The number of nitrogens with two attached hydrogens (primary N) is 3. The summed E-state index contributed by atoms with van der Waals surface area (Å²) >= 11 is 14.5. The highest BCUT2D eigenvalue weighted by atomic mass is 35.5. The molecule has 2 atom stereocenters. The van der Waals surface area contributed by atoms with Gasteiger partial charge in [-0.3, -0.25) is 19.7 Å². The first-order chi connectivity index (χ1) is 20.4. The van der Waals surface area contributed by atoms with Gasteiger partial charge in [-0.25, -0.2) is 10.9 Å². The van der Waals surface area contributed by atoms with E-state index < -0.39 is 23.9 Å². The third-order valence-electron chi connectivity index (χ3n) is 6.56. The zero-order chi connectivity index (χ0) is 30.1. The van der Waals surface area contributed by atoms with Crippen molar-refractivity contribution in [2.24, 2.45) is 17.4 Å². The minimum atomic E-state index is -0.944. The second-order valence-electron chi connectivity index (χ2n) is 9.26. The number of hydrogen-bond acceptors (Lipinski definition) is 9. The predicted molar refractivity (Wildman–Crippen MR) is 165 cm³/mol. The molecule has 4 rings (SSSR count). The summed E-state index contributed by atoms with van der Waals surface area (Å²) in [4.78, 5) is 39.5. The van der Waals surface area contributed by atoms with E-state index in [1.807, 2.05) is 42.6 Å². The molecule has 0 aliphatic rings. The van der Waals surface area contributed by atoms with Crippen LogP contribution in [0, 0.1) is 0 Å². The first-order valence-electron chi connectivity index (χ1n) is 13.0. The second kappa shape index (κ2) is 15.3. The van der Waals surface area contributed by atoms with Gasteiger partial charge in [-0.1, -0.05) is 59.2 Å². The molecule has 0 bridgehead atoms. The smallest absolute Gasteiger partial charge is 0.243 e. The summed E-state index contributed by atoms with van der Waals surface area (Å²) in [5.74, 6) is 4.18. The second-order valence-corrected chi connectivity index (χ2v) is 11.1. The molecule has 0 saturated heterocycles. The lowest BCUT2D eigenvalue weighted by molar-refractivity contribution is -0.130. The Bertz CT molecular complexity index is 1540. The number of carbonyl (C=O) groups is 2. The zero-order valence-corrected chi connectivity index (χ0v) is 24.9. The zero-order valence-electron chi connectivity index (χ0n) is 22.5. The molecule has 2 amide bonds. The number of amides is 2. The van der Waals surface area contributed by atoms with E-state index in [2.05, 4.69) is 30.8 Å². The summed E-state index contributed by atoms with van der Waals surface area (Å²) in [6.45, 7) is 0.217. The largest absolute Gasteiger partial charge is 0.361 e. The molecular weight excluding hydrogens is 599 g/mol. The van der Waals surface area contributed by atoms with Crippen molar-refractivity contribution in [2.75, 3.05) is 13.3 Å². The number of halogens is 2. The van der Waals surface area contributed by atoms with E-state index in [0.717, 1.165) is 22.0 Å². The SMILES string of the molecule is NCc1cccnc1Sc1c(Cl)ccc(Cl)c1CNC(=O)[C@H](Cc1c[nH]c2ccccc12)NC(=O)[C@H](CN)NCON. The number of nitrogens with zero attached hydrogens (tertiary/aromatic N) is 1. The van der Waals surface area contributed by atoms with Gasteiger partial charge in [0.25, 0.3) is 0 Å². The van der Waals surface area contributed by atoms with Crippen molar-refractivity contribution in [3.63, 3.8) is 0 Å². The van der Waals surface area contributed by atoms with Gasteiger partial charge >= 0.3 is 0 Å². The molecule has 10 N–H and O–H groups in total. The normalized spacial score (nSPS) is 12.7. The number of benzene rings is 2. The van der Waals surface area contributed by atoms with Crippen LogP contribution in [0.5, 0.6) is 0 Å². The van der Waals surface area contributed by atoms with Crippen LogP contribution in [0.15, 0.2) is 70.8 Å². The number of nitrogens with one attached hydrogen (secondary N) is 4. The summed E-state index contributed by atoms with van der Waals surface area (Å²) in [7, 11) is 0. The van der Waals surface area contributed by atoms with Crippen LogP contribution >= 0.6 is 35.0 Å². The highest BCUT2D eigenvalue weighted by Gasteiger charge is 2.27. The highest BCUT2D eigenvalue weighted by Crippen LogP contribution is 2.39. The molecule has 0 aliphatic heterocycles. The Labute approximate surface area is 257 Å². The lowest BCUT2D eigenvalue weighted by Gasteiger charge is -2.23. The summed E-state index contributed by atoms with van der Waals surface area (Å²) in [5.41, 5.74) is 14.9. The van der Waals surface area contributed by atoms with Crippen LogP contribution in [-0.2, 0) is 33.9 Å². The molecule has 0 fully saturated rings. The number of aromatic nitrogens is 2. The quantitative estimate of drug-likeness (QED) is 0.0811. The number of rotatable bonds is 14. The fraction of sp³-hybridized carbons (Fsp3) is 0.250. The summed E-state index contributed by atoms with van der Waals surface area (Å²) in [5, 5.41) is 11.0. The van der Waals surface area contributed by atoms with E-state index in [9.17, 15) is 9.59 Å². The van der Waals surface area contributed by atoms with Crippen LogP contribution in [0.1, 0.15) is 16.7 Å². The van der Waals surface area contributed by atoms with E-state index in [0.29, 0.717) is 32.1 Å². The average Bonchev–Trinajstić information content (AvgIpc) is 3.41. The van der Waals surface area contributed by atoms with Gasteiger partial charge in [0.2, 0.25) is 11.8 Å². The van der Waals surface area contributed by atoms with E-state index >= 15 is 0 Å². The van der Waals surface area contributed by atoms with Gasteiger partial charge in [0.15, 0.2) is 0 Å². The molecule has 0 aliphatic carbocycles. The predicted octanol–water partition coefficient (Wildman–Crippen LogP) is 2.59. The Kier molecular flexibility index (Phi) is 11.6. The van der Waals surface area contributed by atoms with Gasteiger partial charge in [-0.2, -0.15) is 0 Å². The first-order valence-corrected chi connectivity index (χ1v) is 14.6. The molecular formula is C28H32Cl2N8O3S. The maximum atomic E-state index is 13.7. The molecule has 11 nitrogen and oxygen atoms in total. The summed E-state index contributed by atoms with van der Waals surface area (Å²) in [6, 6.07) is 13.0. The molecule has 2 aromatic heterocycles. The molecule has 0 unspecified atom stereocenters. The first kappa shape index (κ1) is 31.7. The Hall–Kier alpha value is -3.20. The summed E-state index contributed by atoms with van der Waals surface area (Å²) < 4.78 is 0. The third kappa shape index (κ3) is 7.79. The van der Waals surface area contributed by atoms with Crippen LogP contribution < -0.4 is 33.3 Å². The van der Waals surface area contributed by atoms with Gasteiger partial charge in [-0.15, -0.1) is 0 Å². The van der Waals surface area contributed by atoms with Crippen LogP contribution in [0.2, 0.25) is 10.0 Å². The third-order valence-corrected chi connectivity index (χ3v) is 8.57. The number of hydrogen-bond donors (Lipinski definition) is 7. The fourth-order valence-electron chi connectivity index (χ4n) is 4.35. The molecule has 4 aromatic rings. The van der Waals surface area contributed by atoms with Crippen LogP contribution in [0.3, 0.4) is 0 Å². The molecule has 2 aromatic carbocycles. The van der Waals surface area contributed by atoms with Crippen molar-refractivity contribution in [3.05, 3.63) is 87.7 Å². The number of para-hydroxylation sites is 1. The van der Waals surface area contributed by atoms with Gasteiger partial charge in [-0.05, 0) is 35.4 Å². The lowest BCUT2D eigenvalue weighted by atomic mass is 10.0. The molecule has 2 heterocycles. The van der Waals surface area contributed by atoms with E-state index in [1.165, 1.54) is 11.8 Å². The molecule has 14 heteroatoms. The monoisotopic (exact) mass is 630 g/mol. The Morgan fingerprint density at radius 2 is 1.79 bits per heavy atom. The Balaban J connectivity index is 1.58. The van der Waals surface area contributed by atoms with Crippen molar-refractivity contribution in [1.82, 2.24) is 25.9 Å². The molecule has 42 heavy (non-hydrogen) atoms. The van der Waals surface area contributed by atoms with E-state index in [-0.39, 0.29) is 26.2 Å². The van der Waals surface area contributed by atoms with Crippen molar-refractivity contribution in [3.8, 4) is 0 Å². The van der Waals surface area contributed by atoms with Gasteiger partial charge in [0.1, 0.15) is 23.8 Å². The minimum absolute atomic E-state index is 0.0341. The van der Waals surface area contributed by atoms with Gasteiger partial charge < -0.3 is 27.1 Å². The summed E-state index contributed by atoms with van der Waals surface area (Å²) in [6.07, 6.45) is 3.70. The number of H-pyrrole nitrogens is 1. The van der Waals surface area contributed by atoms with Crippen LogP contribution in [-0.4, -0.2) is 47.1 Å². The highest BCUT2D eigenvalue weighted by molar-refractivity contribution is 7.99. The number of aromatic amines is 1. The molecule has 222 valence electrons. The molecule has 0 saturated carbocycles. The number of carbonyl (C=O) groups excluding carboxylic acids is 2. The van der Waals surface area contributed by atoms with Crippen LogP contribution in [0.4, 0.5) is 0 Å². The topological polar surface area (TPSA) is 186 Å². The Morgan fingerprint density at radius 3 is 2.55 bits per heavy atom. The number of pyridine rings is 1. The van der Waals surface area contributed by atoms with E-state index in [4.69, 9.17) is 40.6 Å². The maximum absolute atomic E-state index is 13.7. The maximum Gasteiger partial charge on any atom is 0.243 e. The van der Waals surface area contributed by atoms with Crippen molar-refractivity contribution in [1.29, 1.82) is 0 Å². The molecule has 0 radical (unpaired) electrons. The van der Waals surface area contributed by atoms with Crippen molar-refractivity contribution < 1.29 is 14.4 Å². The lowest BCUT2D eigenvalue weighted by Crippen LogP contribution is -2.55. The van der Waals surface area contributed by atoms with Crippen molar-refractivity contribution in [2.45, 2.75) is 41.5 Å². The van der Waals surface area contributed by atoms with Crippen LogP contribution in [0.25, 0.3) is 10.9 Å². The van der Waals surface area contributed by atoms with Gasteiger partial charge in [0.05, 0.1) is 5.02 Å². The van der Waals surface area contributed by atoms with E-state index in [1.54, 1.807) is 18.3 Å². The minimum Gasteiger partial charge on any atom is -0.361 e. The van der Waals surface area contributed by atoms with Crippen molar-refractivity contribution >= 4 is 57.7 Å².